The minimum Gasteiger partial charge on any atom is -0.303 e. The first kappa shape index (κ1) is 13.8. The van der Waals surface area contributed by atoms with E-state index in [1.807, 2.05) is 0 Å². The Kier molecular flexibility index (Phi) is 4.18. The van der Waals surface area contributed by atoms with Gasteiger partial charge in [0.1, 0.15) is 5.78 Å². The van der Waals surface area contributed by atoms with Crippen LogP contribution in [0.1, 0.15) is 37.3 Å². The largest absolute Gasteiger partial charge is 0.303 e. The summed E-state index contributed by atoms with van der Waals surface area (Å²) in [6, 6.07) is 11.9. The highest BCUT2D eigenvalue weighted by atomic mass is 16.1. The van der Waals surface area contributed by atoms with Gasteiger partial charge in [0.05, 0.1) is 0 Å². The average molecular weight is 272 g/mol. The van der Waals surface area contributed by atoms with Crippen LogP contribution < -0.4 is 0 Å². The quantitative estimate of drug-likeness (QED) is 0.826. The van der Waals surface area contributed by atoms with Crippen LogP contribution in [0.2, 0.25) is 0 Å². The van der Waals surface area contributed by atoms with Gasteiger partial charge in [0, 0.05) is 44.6 Å². The second-order valence-corrected chi connectivity index (χ2v) is 6.20. The Morgan fingerprint density at radius 3 is 2.45 bits per heavy atom. The third-order valence-electron chi connectivity index (χ3n) is 4.79. The van der Waals surface area contributed by atoms with Crippen molar-refractivity contribution in [3.63, 3.8) is 0 Å². The van der Waals surface area contributed by atoms with E-state index >= 15 is 0 Å². The molecule has 1 unspecified atom stereocenters. The van der Waals surface area contributed by atoms with Crippen LogP contribution in [-0.4, -0.2) is 48.3 Å². The molecule has 1 saturated carbocycles. The van der Waals surface area contributed by atoms with Crippen molar-refractivity contribution in [2.45, 2.75) is 37.8 Å². The number of hydrogen-bond donors (Lipinski definition) is 0. The molecule has 2 aliphatic rings. The van der Waals surface area contributed by atoms with Gasteiger partial charge in [-0.05, 0) is 25.5 Å². The first-order valence-electron chi connectivity index (χ1n) is 7.75. The first-order chi connectivity index (χ1) is 9.74. The van der Waals surface area contributed by atoms with Gasteiger partial charge in [0.15, 0.2) is 0 Å². The summed E-state index contributed by atoms with van der Waals surface area (Å²) in [4.78, 5) is 16.5. The topological polar surface area (TPSA) is 23.6 Å². The molecule has 2 fully saturated rings. The number of ketones is 1. The van der Waals surface area contributed by atoms with E-state index in [1.54, 1.807) is 0 Å². The van der Waals surface area contributed by atoms with Crippen molar-refractivity contribution in [2.75, 3.05) is 26.7 Å². The fourth-order valence-corrected chi connectivity index (χ4v) is 3.60. The van der Waals surface area contributed by atoms with E-state index < -0.39 is 0 Å². The van der Waals surface area contributed by atoms with Crippen LogP contribution in [0.15, 0.2) is 30.3 Å². The summed E-state index contributed by atoms with van der Waals surface area (Å²) >= 11 is 0. The Morgan fingerprint density at radius 1 is 1.05 bits per heavy atom. The lowest BCUT2D eigenvalue weighted by atomic mass is 9.90. The first-order valence-corrected chi connectivity index (χ1v) is 7.75. The molecule has 1 aromatic rings. The summed E-state index contributed by atoms with van der Waals surface area (Å²) in [5, 5.41) is 0. The van der Waals surface area contributed by atoms with E-state index in [0.717, 1.165) is 45.3 Å². The van der Waals surface area contributed by atoms with Crippen LogP contribution in [0.3, 0.4) is 0 Å². The molecule has 0 bridgehead atoms. The monoisotopic (exact) mass is 272 g/mol. The van der Waals surface area contributed by atoms with Gasteiger partial charge in [-0.3, -0.25) is 9.69 Å². The Balaban J connectivity index is 1.78. The molecule has 0 aromatic heterocycles. The standard InChI is InChI=1S/C17H24N2O/c1-18-11-12-19(15-7-9-16(20)10-8-15)17(13-18)14-5-3-2-4-6-14/h2-6,15,17H,7-13H2,1H3. The number of Topliss-reactive ketones (excluding diaryl/α,β-unsaturated/α-hetero) is 1. The summed E-state index contributed by atoms with van der Waals surface area (Å²) in [7, 11) is 2.21. The molecule has 1 heterocycles. The van der Waals surface area contributed by atoms with E-state index in [1.165, 1.54) is 5.56 Å². The van der Waals surface area contributed by atoms with Gasteiger partial charge < -0.3 is 4.90 Å². The highest BCUT2D eigenvalue weighted by Crippen LogP contribution is 2.31. The smallest absolute Gasteiger partial charge is 0.133 e. The Bertz CT molecular complexity index is 449. The zero-order chi connectivity index (χ0) is 13.9. The van der Waals surface area contributed by atoms with Crippen molar-refractivity contribution < 1.29 is 4.79 Å². The SMILES string of the molecule is CN1CCN(C2CCC(=O)CC2)C(c2ccccc2)C1. The van der Waals surface area contributed by atoms with Crippen LogP contribution in [0.4, 0.5) is 0 Å². The molecule has 1 aliphatic heterocycles. The van der Waals surface area contributed by atoms with Crippen molar-refractivity contribution in [3.8, 4) is 0 Å². The molecule has 3 heteroatoms. The molecule has 1 aliphatic carbocycles. The molecule has 1 aromatic carbocycles. The van der Waals surface area contributed by atoms with Gasteiger partial charge in [-0.1, -0.05) is 30.3 Å². The minimum atomic E-state index is 0.451. The maximum Gasteiger partial charge on any atom is 0.133 e. The molecule has 0 N–H and O–H groups in total. The van der Waals surface area contributed by atoms with Crippen LogP contribution in [0.5, 0.6) is 0 Å². The molecule has 1 atom stereocenters. The Morgan fingerprint density at radius 2 is 1.75 bits per heavy atom. The fraction of sp³-hybridized carbons (Fsp3) is 0.588. The predicted molar refractivity (Wildman–Crippen MR) is 80.6 cm³/mol. The van der Waals surface area contributed by atoms with Crippen LogP contribution in [-0.2, 0) is 4.79 Å². The maximum atomic E-state index is 11.5. The molecule has 20 heavy (non-hydrogen) atoms. The number of carbonyl (C=O) groups is 1. The van der Waals surface area contributed by atoms with E-state index in [9.17, 15) is 4.79 Å². The normalized spacial score (nSPS) is 26.9. The second kappa shape index (κ2) is 6.06. The van der Waals surface area contributed by atoms with E-state index in [0.29, 0.717) is 17.9 Å². The number of carbonyl (C=O) groups excluding carboxylic acids is 1. The molecule has 0 amide bonds. The van der Waals surface area contributed by atoms with Gasteiger partial charge in [-0.15, -0.1) is 0 Å². The highest BCUT2D eigenvalue weighted by Gasteiger charge is 2.33. The van der Waals surface area contributed by atoms with Crippen molar-refractivity contribution in [2.24, 2.45) is 0 Å². The Hall–Kier alpha value is -1.19. The molecular weight excluding hydrogens is 248 g/mol. The maximum absolute atomic E-state index is 11.5. The zero-order valence-electron chi connectivity index (χ0n) is 12.3. The van der Waals surface area contributed by atoms with E-state index in [2.05, 4.69) is 47.2 Å². The molecule has 0 radical (unpaired) electrons. The zero-order valence-corrected chi connectivity index (χ0v) is 12.3. The summed E-state index contributed by atoms with van der Waals surface area (Å²) in [6.45, 7) is 3.34. The predicted octanol–water partition coefficient (Wildman–Crippen LogP) is 2.49. The summed E-state index contributed by atoms with van der Waals surface area (Å²) in [5.41, 5.74) is 1.41. The van der Waals surface area contributed by atoms with Crippen molar-refractivity contribution >= 4 is 5.78 Å². The lowest BCUT2D eigenvalue weighted by Crippen LogP contribution is -2.51. The van der Waals surface area contributed by atoms with Crippen LogP contribution >= 0.6 is 0 Å². The molecule has 3 nitrogen and oxygen atoms in total. The molecular formula is C17H24N2O. The second-order valence-electron chi connectivity index (χ2n) is 6.20. The number of piperazine rings is 1. The molecule has 108 valence electrons. The minimum absolute atomic E-state index is 0.451. The van der Waals surface area contributed by atoms with Crippen molar-refractivity contribution in [1.29, 1.82) is 0 Å². The van der Waals surface area contributed by atoms with Gasteiger partial charge in [-0.25, -0.2) is 0 Å². The number of benzene rings is 1. The number of rotatable bonds is 2. The van der Waals surface area contributed by atoms with E-state index in [-0.39, 0.29) is 0 Å². The lowest BCUT2D eigenvalue weighted by molar-refractivity contribution is -0.121. The molecule has 1 saturated heterocycles. The molecule has 0 spiro atoms. The van der Waals surface area contributed by atoms with Crippen LogP contribution in [0, 0.1) is 0 Å². The van der Waals surface area contributed by atoms with Crippen molar-refractivity contribution in [3.05, 3.63) is 35.9 Å². The Labute approximate surface area is 121 Å². The third-order valence-corrected chi connectivity index (χ3v) is 4.79. The number of likely N-dealkylation sites (N-methyl/N-ethyl adjacent to an activating group) is 1. The lowest BCUT2D eigenvalue weighted by Gasteiger charge is -2.45. The average Bonchev–Trinajstić information content (AvgIpc) is 2.49. The van der Waals surface area contributed by atoms with Gasteiger partial charge in [0.25, 0.3) is 0 Å². The summed E-state index contributed by atoms with van der Waals surface area (Å²) in [6.07, 6.45) is 3.65. The fourth-order valence-electron chi connectivity index (χ4n) is 3.60. The number of nitrogens with zero attached hydrogens (tertiary/aromatic N) is 2. The summed E-state index contributed by atoms with van der Waals surface area (Å²) in [5.74, 6) is 0.451. The number of hydrogen-bond acceptors (Lipinski definition) is 3. The van der Waals surface area contributed by atoms with Crippen molar-refractivity contribution in [1.82, 2.24) is 9.80 Å². The van der Waals surface area contributed by atoms with Gasteiger partial charge in [-0.2, -0.15) is 0 Å². The highest BCUT2D eigenvalue weighted by molar-refractivity contribution is 5.79. The molecule has 3 rings (SSSR count). The van der Waals surface area contributed by atoms with Crippen LogP contribution in [0.25, 0.3) is 0 Å². The van der Waals surface area contributed by atoms with Gasteiger partial charge in [0.2, 0.25) is 0 Å². The third kappa shape index (κ3) is 2.94. The summed E-state index contributed by atoms with van der Waals surface area (Å²) < 4.78 is 0. The van der Waals surface area contributed by atoms with Gasteiger partial charge >= 0.3 is 0 Å². The van der Waals surface area contributed by atoms with E-state index in [4.69, 9.17) is 0 Å².